The van der Waals surface area contributed by atoms with Gasteiger partial charge in [0.25, 0.3) is 0 Å². The van der Waals surface area contributed by atoms with Crippen molar-refractivity contribution < 1.29 is 4.39 Å². The van der Waals surface area contributed by atoms with Gasteiger partial charge in [0.1, 0.15) is 16.7 Å². The van der Waals surface area contributed by atoms with Crippen LogP contribution in [0, 0.1) is 5.82 Å². The molecule has 2 rings (SSSR count). The van der Waals surface area contributed by atoms with Gasteiger partial charge in [0.15, 0.2) is 0 Å². The Balaban J connectivity index is 2.67. The zero-order valence-electron chi connectivity index (χ0n) is 8.34. The van der Waals surface area contributed by atoms with E-state index in [9.17, 15) is 4.39 Å². The molecule has 0 spiro atoms. The van der Waals surface area contributed by atoms with Gasteiger partial charge in [0.05, 0.1) is 0 Å². The van der Waals surface area contributed by atoms with Crippen molar-refractivity contribution in [2.75, 3.05) is 5.73 Å². The van der Waals surface area contributed by atoms with E-state index in [2.05, 4.69) is 20.9 Å². The molecule has 0 aliphatic carbocycles. The van der Waals surface area contributed by atoms with Crippen molar-refractivity contribution in [3.05, 3.63) is 33.6 Å². The van der Waals surface area contributed by atoms with Crippen molar-refractivity contribution in [2.45, 2.75) is 0 Å². The summed E-state index contributed by atoms with van der Waals surface area (Å²) in [6.07, 6.45) is 0. The third kappa shape index (κ3) is 1.81. The van der Waals surface area contributed by atoms with Gasteiger partial charge >= 0.3 is 0 Å². The summed E-state index contributed by atoms with van der Waals surface area (Å²) in [7, 11) is 1.67. The maximum Gasteiger partial charge on any atom is 0.201 e. The molecule has 2 aromatic rings. The molecule has 0 saturated heterocycles. The number of hydrogen-bond donors (Lipinski definition) is 1. The number of nitrogens with zero attached hydrogens (tertiary/aromatic N) is 2. The van der Waals surface area contributed by atoms with Gasteiger partial charge in [-0.25, -0.2) is 9.37 Å². The lowest BCUT2D eigenvalue weighted by Gasteiger charge is -2.01. The second-order valence-corrected chi connectivity index (χ2v) is 4.57. The molecule has 84 valence electrons. The monoisotopic (exact) mass is 303 g/mol. The normalized spacial score (nSPS) is 10.8. The van der Waals surface area contributed by atoms with Gasteiger partial charge < -0.3 is 10.3 Å². The van der Waals surface area contributed by atoms with Gasteiger partial charge in [-0.3, -0.25) is 0 Å². The number of imidazole rings is 1. The Morgan fingerprint density at radius 1 is 1.50 bits per heavy atom. The number of nitrogens with two attached hydrogens (primary N) is 1. The van der Waals surface area contributed by atoms with Crippen LogP contribution in [-0.2, 0) is 7.05 Å². The second-order valence-electron chi connectivity index (χ2n) is 3.29. The quantitative estimate of drug-likeness (QED) is 0.879. The molecule has 0 atom stereocenters. The molecule has 2 N–H and O–H groups in total. The highest BCUT2D eigenvalue weighted by Crippen LogP contribution is 2.32. The van der Waals surface area contributed by atoms with Crippen LogP contribution in [0.4, 0.5) is 10.3 Å². The lowest BCUT2D eigenvalue weighted by atomic mass is 10.1. The van der Waals surface area contributed by atoms with E-state index in [4.69, 9.17) is 17.3 Å². The average Bonchev–Trinajstić information content (AvgIpc) is 2.50. The van der Waals surface area contributed by atoms with E-state index in [-0.39, 0.29) is 11.8 Å². The Labute approximate surface area is 105 Å². The third-order valence-electron chi connectivity index (χ3n) is 2.24. The van der Waals surface area contributed by atoms with Crippen LogP contribution in [0.15, 0.2) is 22.7 Å². The van der Waals surface area contributed by atoms with Crippen molar-refractivity contribution in [3.8, 4) is 11.3 Å². The van der Waals surface area contributed by atoms with E-state index in [0.29, 0.717) is 16.4 Å². The molecule has 0 aliphatic heterocycles. The second kappa shape index (κ2) is 4.07. The highest BCUT2D eigenvalue weighted by Gasteiger charge is 2.16. The Kier molecular flexibility index (Phi) is 2.90. The summed E-state index contributed by atoms with van der Waals surface area (Å²) in [5.41, 5.74) is 6.27. The summed E-state index contributed by atoms with van der Waals surface area (Å²) in [4.78, 5) is 4.03. The fraction of sp³-hybridized carbons (Fsp3) is 0.100. The third-order valence-corrected chi connectivity index (χ3v) is 3.17. The van der Waals surface area contributed by atoms with Crippen LogP contribution in [0.2, 0.25) is 5.15 Å². The van der Waals surface area contributed by atoms with Crippen molar-refractivity contribution in [2.24, 2.45) is 7.05 Å². The van der Waals surface area contributed by atoms with E-state index >= 15 is 0 Å². The van der Waals surface area contributed by atoms with Gasteiger partial charge in [-0.05, 0) is 18.2 Å². The summed E-state index contributed by atoms with van der Waals surface area (Å²) < 4.78 is 15.9. The van der Waals surface area contributed by atoms with E-state index in [0.717, 1.165) is 4.47 Å². The lowest BCUT2D eigenvalue weighted by molar-refractivity contribution is 0.630. The fourth-order valence-electron chi connectivity index (χ4n) is 1.35. The van der Waals surface area contributed by atoms with E-state index < -0.39 is 0 Å². The number of halogens is 3. The molecule has 0 radical (unpaired) electrons. The predicted molar refractivity (Wildman–Crippen MR) is 65.7 cm³/mol. The standard InChI is InChI=1S/C10H8BrClFN3/c1-16-9(12)8(15-10(16)14)6-4-5(11)2-3-7(6)13/h2-4H,1H3,(H2,14,15). The molecule has 16 heavy (non-hydrogen) atoms. The largest absolute Gasteiger partial charge is 0.369 e. The first-order valence-electron chi connectivity index (χ1n) is 4.44. The van der Waals surface area contributed by atoms with E-state index in [1.807, 2.05) is 0 Å². The van der Waals surface area contributed by atoms with Crippen LogP contribution in [0.5, 0.6) is 0 Å². The molecule has 0 saturated carbocycles. The predicted octanol–water partition coefficient (Wildman–Crippen LogP) is 3.22. The zero-order chi connectivity index (χ0) is 11.9. The van der Waals surface area contributed by atoms with Crippen molar-refractivity contribution in [1.82, 2.24) is 9.55 Å². The summed E-state index contributed by atoms with van der Waals surface area (Å²) in [6.45, 7) is 0. The molecule has 0 aliphatic rings. The lowest BCUT2D eigenvalue weighted by Crippen LogP contribution is -1.96. The molecule has 0 fully saturated rings. The number of hydrogen-bond acceptors (Lipinski definition) is 2. The molecule has 6 heteroatoms. The van der Waals surface area contributed by atoms with Crippen LogP contribution in [0.1, 0.15) is 0 Å². The summed E-state index contributed by atoms with van der Waals surface area (Å²) in [5, 5.41) is 0.314. The first-order valence-corrected chi connectivity index (χ1v) is 5.61. The Bertz CT molecular complexity index is 553. The molecule has 3 nitrogen and oxygen atoms in total. The van der Waals surface area contributed by atoms with Gasteiger partial charge in [-0.2, -0.15) is 0 Å². The van der Waals surface area contributed by atoms with Gasteiger partial charge in [0, 0.05) is 17.1 Å². The van der Waals surface area contributed by atoms with Gasteiger partial charge in [-0.15, -0.1) is 0 Å². The Morgan fingerprint density at radius 3 is 2.75 bits per heavy atom. The van der Waals surface area contributed by atoms with E-state index in [1.54, 1.807) is 19.2 Å². The molecule has 0 amide bonds. The van der Waals surface area contributed by atoms with E-state index in [1.165, 1.54) is 10.6 Å². The van der Waals surface area contributed by atoms with Crippen LogP contribution >= 0.6 is 27.5 Å². The minimum absolute atomic E-state index is 0.249. The maximum absolute atomic E-state index is 13.6. The van der Waals surface area contributed by atoms with Gasteiger partial charge in [0.2, 0.25) is 5.95 Å². The SMILES string of the molecule is Cn1c(N)nc(-c2cc(Br)ccc2F)c1Cl. The molecular weight excluding hydrogens is 296 g/mol. The summed E-state index contributed by atoms with van der Waals surface area (Å²) in [5.74, 6) is -0.137. The Morgan fingerprint density at radius 2 is 2.19 bits per heavy atom. The molecular formula is C10H8BrClFN3. The maximum atomic E-state index is 13.6. The minimum atomic E-state index is -0.386. The average molecular weight is 305 g/mol. The van der Waals surface area contributed by atoms with Crippen molar-refractivity contribution in [1.29, 1.82) is 0 Å². The molecule has 0 bridgehead atoms. The smallest absolute Gasteiger partial charge is 0.201 e. The fourth-order valence-corrected chi connectivity index (χ4v) is 1.94. The highest BCUT2D eigenvalue weighted by molar-refractivity contribution is 9.10. The van der Waals surface area contributed by atoms with Crippen molar-refractivity contribution in [3.63, 3.8) is 0 Å². The number of anilines is 1. The number of nitrogen functional groups attached to an aromatic ring is 1. The number of aromatic nitrogens is 2. The molecule has 1 aromatic heterocycles. The van der Waals surface area contributed by atoms with Gasteiger partial charge in [-0.1, -0.05) is 27.5 Å². The zero-order valence-corrected chi connectivity index (χ0v) is 10.7. The minimum Gasteiger partial charge on any atom is -0.369 e. The molecule has 1 aromatic carbocycles. The van der Waals surface area contributed by atoms with Crippen LogP contribution in [0.3, 0.4) is 0 Å². The topological polar surface area (TPSA) is 43.8 Å². The summed E-state index contributed by atoms with van der Waals surface area (Å²) in [6, 6.07) is 4.57. The van der Waals surface area contributed by atoms with Crippen LogP contribution < -0.4 is 5.73 Å². The van der Waals surface area contributed by atoms with Crippen LogP contribution in [-0.4, -0.2) is 9.55 Å². The molecule has 1 heterocycles. The molecule has 0 unspecified atom stereocenters. The number of benzene rings is 1. The van der Waals surface area contributed by atoms with Crippen LogP contribution in [0.25, 0.3) is 11.3 Å². The number of rotatable bonds is 1. The first-order chi connectivity index (χ1) is 7.50. The summed E-state index contributed by atoms with van der Waals surface area (Å²) >= 11 is 9.28. The van der Waals surface area contributed by atoms with Crippen molar-refractivity contribution >= 4 is 33.5 Å². The highest BCUT2D eigenvalue weighted by atomic mass is 79.9. The Hall–Kier alpha value is -1.07. The first kappa shape index (κ1) is 11.4.